The molecule has 0 heterocycles. The summed E-state index contributed by atoms with van der Waals surface area (Å²) in [6.45, 7) is 3.60. The van der Waals surface area contributed by atoms with Gasteiger partial charge in [0.15, 0.2) is 0 Å². The van der Waals surface area contributed by atoms with Crippen LogP contribution in [0.1, 0.15) is 44.3 Å². The summed E-state index contributed by atoms with van der Waals surface area (Å²) in [6.07, 6.45) is 4.81. The van der Waals surface area contributed by atoms with Crippen LogP contribution in [-0.2, 0) is 4.74 Å². The lowest BCUT2D eigenvalue weighted by molar-refractivity contribution is -0.0102. The van der Waals surface area contributed by atoms with Crippen molar-refractivity contribution in [2.75, 3.05) is 13.1 Å². The summed E-state index contributed by atoms with van der Waals surface area (Å²) in [7, 11) is 0. The molecule has 0 aliphatic heterocycles. The number of rotatable bonds is 6. The number of hydrogen-bond acceptors (Lipinski definition) is 2. The number of halogens is 1. The maximum atomic E-state index is 13.8. The Kier molecular flexibility index (Phi) is 5.14. The van der Waals surface area contributed by atoms with Gasteiger partial charge in [-0.05, 0) is 25.5 Å². The van der Waals surface area contributed by atoms with Crippen LogP contribution in [0.5, 0.6) is 0 Å². The third kappa shape index (κ3) is 3.53. The van der Waals surface area contributed by atoms with Crippen LogP contribution >= 0.6 is 0 Å². The predicted molar refractivity (Wildman–Crippen MR) is 71.0 cm³/mol. The average molecular weight is 251 g/mol. The predicted octanol–water partition coefficient (Wildman–Crippen LogP) is 3.44. The van der Waals surface area contributed by atoms with E-state index in [1.807, 2.05) is 19.1 Å². The minimum atomic E-state index is -0.172. The first-order valence-corrected chi connectivity index (χ1v) is 6.92. The highest BCUT2D eigenvalue weighted by molar-refractivity contribution is 5.20. The van der Waals surface area contributed by atoms with Gasteiger partial charge in [-0.25, -0.2) is 4.39 Å². The molecule has 1 unspecified atom stereocenters. The molecule has 2 nitrogen and oxygen atoms in total. The Hall–Kier alpha value is -0.930. The summed E-state index contributed by atoms with van der Waals surface area (Å²) in [4.78, 5) is 0. The maximum Gasteiger partial charge on any atom is 0.129 e. The van der Waals surface area contributed by atoms with Crippen LogP contribution in [0.25, 0.3) is 0 Å². The SMILES string of the molecule is CCNCC(OC1CCCC1)c1ccccc1F. The molecule has 0 aromatic heterocycles. The standard InChI is InChI=1S/C15H22FNO/c1-2-17-11-15(18-12-7-3-4-8-12)13-9-5-6-10-14(13)16/h5-6,9-10,12,15,17H,2-4,7-8,11H2,1H3. The zero-order chi connectivity index (χ0) is 12.8. The van der Waals surface area contributed by atoms with Gasteiger partial charge in [0.1, 0.15) is 5.82 Å². The fourth-order valence-corrected chi connectivity index (χ4v) is 2.50. The lowest BCUT2D eigenvalue weighted by atomic mass is 10.1. The van der Waals surface area contributed by atoms with Crippen LogP contribution in [0.2, 0.25) is 0 Å². The Labute approximate surface area is 109 Å². The van der Waals surface area contributed by atoms with Gasteiger partial charge in [0.25, 0.3) is 0 Å². The van der Waals surface area contributed by atoms with E-state index in [1.54, 1.807) is 6.07 Å². The van der Waals surface area contributed by atoms with Crippen LogP contribution in [0.15, 0.2) is 24.3 Å². The third-order valence-electron chi connectivity index (χ3n) is 3.49. The first-order chi connectivity index (χ1) is 8.81. The second kappa shape index (κ2) is 6.86. The molecule has 0 saturated heterocycles. The molecule has 2 rings (SSSR count). The highest BCUT2D eigenvalue weighted by atomic mass is 19.1. The van der Waals surface area contributed by atoms with Gasteiger partial charge in [-0.2, -0.15) is 0 Å². The average Bonchev–Trinajstić information content (AvgIpc) is 2.88. The van der Waals surface area contributed by atoms with Crippen molar-refractivity contribution in [3.8, 4) is 0 Å². The summed E-state index contributed by atoms with van der Waals surface area (Å²) < 4.78 is 19.9. The van der Waals surface area contributed by atoms with Crippen molar-refractivity contribution in [3.05, 3.63) is 35.6 Å². The van der Waals surface area contributed by atoms with Gasteiger partial charge in [-0.15, -0.1) is 0 Å². The second-order valence-electron chi connectivity index (χ2n) is 4.86. The van der Waals surface area contributed by atoms with Crippen molar-refractivity contribution in [2.45, 2.75) is 44.8 Å². The summed E-state index contributed by atoms with van der Waals surface area (Å²) in [5.74, 6) is -0.168. The summed E-state index contributed by atoms with van der Waals surface area (Å²) in [5, 5.41) is 3.26. The Balaban J connectivity index is 2.06. The van der Waals surface area contributed by atoms with Gasteiger partial charge in [-0.1, -0.05) is 38.0 Å². The molecule has 0 bridgehead atoms. The molecule has 1 fully saturated rings. The molecule has 0 spiro atoms. The second-order valence-corrected chi connectivity index (χ2v) is 4.86. The molecule has 1 atom stereocenters. The topological polar surface area (TPSA) is 21.3 Å². The number of nitrogens with one attached hydrogen (secondary N) is 1. The third-order valence-corrected chi connectivity index (χ3v) is 3.49. The lowest BCUT2D eigenvalue weighted by Gasteiger charge is -2.23. The molecule has 18 heavy (non-hydrogen) atoms. The molecule has 0 amide bonds. The number of ether oxygens (including phenoxy) is 1. The van der Waals surface area contributed by atoms with Crippen LogP contribution in [0, 0.1) is 5.82 Å². The normalized spacial score (nSPS) is 18.1. The minimum Gasteiger partial charge on any atom is -0.369 e. The summed E-state index contributed by atoms with van der Waals surface area (Å²) in [5.41, 5.74) is 0.672. The van der Waals surface area contributed by atoms with Gasteiger partial charge in [0, 0.05) is 12.1 Å². The number of likely N-dealkylation sites (N-methyl/N-ethyl adjacent to an activating group) is 1. The van der Waals surface area contributed by atoms with E-state index in [1.165, 1.54) is 18.9 Å². The van der Waals surface area contributed by atoms with Crippen LogP contribution in [-0.4, -0.2) is 19.2 Å². The summed E-state index contributed by atoms with van der Waals surface area (Å²) in [6, 6.07) is 6.92. The molecule has 1 N–H and O–H groups in total. The van der Waals surface area contributed by atoms with Crippen molar-refractivity contribution in [2.24, 2.45) is 0 Å². The molecule has 3 heteroatoms. The number of hydrogen-bond donors (Lipinski definition) is 1. The first kappa shape index (κ1) is 13.5. The number of benzene rings is 1. The van der Waals surface area contributed by atoms with Crippen molar-refractivity contribution < 1.29 is 9.13 Å². The van der Waals surface area contributed by atoms with Crippen molar-refractivity contribution in [1.29, 1.82) is 0 Å². The fourth-order valence-electron chi connectivity index (χ4n) is 2.50. The van der Waals surface area contributed by atoms with E-state index in [-0.39, 0.29) is 11.9 Å². The zero-order valence-electron chi connectivity index (χ0n) is 11.0. The van der Waals surface area contributed by atoms with E-state index in [9.17, 15) is 4.39 Å². The first-order valence-electron chi connectivity index (χ1n) is 6.92. The monoisotopic (exact) mass is 251 g/mol. The molecule has 0 radical (unpaired) electrons. The highest BCUT2D eigenvalue weighted by Crippen LogP contribution is 2.28. The van der Waals surface area contributed by atoms with E-state index < -0.39 is 0 Å². The lowest BCUT2D eigenvalue weighted by Crippen LogP contribution is -2.26. The highest BCUT2D eigenvalue weighted by Gasteiger charge is 2.23. The minimum absolute atomic E-state index is 0.168. The van der Waals surface area contributed by atoms with Gasteiger partial charge in [0.2, 0.25) is 0 Å². The molecule has 1 aliphatic carbocycles. The van der Waals surface area contributed by atoms with E-state index in [0.29, 0.717) is 18.2 Å². The van der Waals surface area contributed by atoms with Crippen LogP contribution in [0.3, 0.4) is 0 Å². The van der Waals surface area contributed by atoms with Crippen LogP contribution < -0.4 is 5.32 Å². The fraction of sp³-hybridized carbons (Fsp3) is 0.600. The Morgan fingerprint density at radius 2 is 2.06 bits per heavy atom. The quantitative estimate of drug-likeness (QED) is 0.836. The Morgan fingerprint density at radius 3 is 2.72 bits per heavy atom. The molecule has 1 aromatic rings. The van der Waals surface area contributed by atoms with E-state index in [4.69, 9.17) is 4.74 Å². The molecular formula is C15H22FNO. The Bertz CT molecular complexity index is 363. The van der Waals surface area contributed by atoms with E-state index in [2.05, 4.69) is 5.32 Å². The summed E-state index contributed by atoms with van der Waals surface area (Å²) >= 11 is 0. The Morgan fingerprint density at radius 1 is 1.33 bits per heavy atom. The maximum absolute atomic E-state index is 13.8. The van der Waals surface area contributed by atoms with Gasteiger partial charge in [0.05, 0.1) is 12.2 Å². The molecular weight excluding hydrogens is 229 g/mol. The molecule has 100 valence electrons. The van der Waals surface area contributed by atoms with Crippen molar-refractivity contribution in [3.63, 3.8) is 0 Å². The van der Waals surface area contributed by atoms with Gasteiger partial charge < -0.3 is 10.1 Å². The largest absolute Gasteiger partial charge is 0.369 e. The van der Waals surface area contributed by atoms with Gasteiger partial charge in [-0.3, -0.25) is 0 Å². The van der Waals surface area contributed by atoms with E-state index in [0.717, 1.165) is 19.4 Å². The van der Waals surface area contributed by atoms with Crippen LogP contribution in [0.4, 0.5) is 4.39 Å². The molecule has 1 aromatic carbocycles. The zero-order valence-corrected chi connectivity index (χ0v) is 11.0. The van der Waals surface area contributed by atoms with E-state index >= 15 is 0 Å². The molecule has 1 aliphatic rings. The van der Waals surface area contributed by atoms with Crippen molar-refractivity contribution >= 4 is 0 Å². The molecule has 1 saturated carbocycles. The van der Waals surface area contributed by atoms with Gasteiger partial charge >= 0.3 is 0 Å². The van der Waals surface area contributed by atoms with Crippen molar-refractivity contribution in [1.82, 2.24) is 5.32 Å². The smallest absolute Gasteiger partial charge is 0.129 e.